The molecule has 0 saturated heterocycles. The van der Waals surface area contributed by atoms with E-state index in [9.17, 15) is 22.8 Å². The summed E-state index contributed by atoms with van der Waals surface area (Å²) in [5.74, 6) is -1.12. The van der Waals surface area contributed by atoms with Gasteiger partial charge in [0.2, 0.25) is 0 Å². The molecule has 0 unspecified atom stereocenters. The van der Waals surface area contributed by atoms with E-state index in [0.29, 0.717) is 16.3 Å². The minimum atomic E-state index is -4.41. The van der Waals surface area contributed by atoms with E-state index in [2.05, 4.69) is 10.3 Å². The molecule has 1 aromatic carbocycles. The lowest BCUT2D eigenvalue weighted by atomic mass is 10.1. The first kappa shape index (κ1) is 19.9. The number of amides is 1. The van der Waals surface area contributed by atoms with Crippen LogP contribution in [0.25, 0.3) is 10.6 Å². The van der Waals surface area contributed by atoms with E-state index in [-0.39, 0.29) is 10.9 Å². The van der Waals surface area contributed by atoms with Crippen molar-refractivity contribution >= 4 is 23.2 Å². The normalized spacial score (nSPS) is 11.5. The largest absolute Gasteiger partial charge is 0.451 e. The first-order valence-electron chi connectivity index (χ1n) is 7.69. The second-order valence-electron chi connectivity index (χ2n) is 5.81. The van der Waals surface area contributed by atoms with Gasteiger partial charge in [-0.2, -0.15) is 13.2 Å². The highest BCUT2D eigenvalue weighted by Gasteiger charge is 2.30. The minimum absolute atomic E-state index is 0.0717. The third kappa shape index (κ3) is 5.04. The molecule has 1 amide bonds. The molecule has 26 heavy (non-hydrogen) atoms. The number of carbonyl (C=O) groups is 2. The summed E-state index contributed by atoms with van der Waals surface area (Å²) in [5.41, 5.74) is 0.0900. The van der Waals surface area contributed by atoms with Gasteiger partial charge in [0.25, 0.3) is 5.91 Å². The average molecular weight is 386 g/mol. The maximum atomic E-state index is 12.6. The summed E-state index contributed by atoms with van der Waals surface area (Å²) in [7, 11) is 0. The molecule has 140 valence electrons. The summed E-state index contributed by atoms with van der Waals surface area (Å²) in [6.45, 7) is 4.74. The molecule has 0 spiro atoms. The van der Waals surface area contributed by atoms with Crippen LogP contribution in [0.3, 0.4) is 0 Å². The average Bonchev–Trinajstić information content (AvgIpc) is 2.93. The molecule has 0 saturated carbocycles. The number of nitrogens with one attached hydrogen (secondary N) is 1. The number of esters is 1. The van der Waals surface area contributed by atoms with Crippen LogP contribution in [0.15, 0.2) is 24.3 Å². The van der Waals surface area contributed by atoms with E-state index in [4.69, 9.17) is 4.74 Å². The van der Waals surface area contributed by atoms with Crippen molar-refractivity contribution < 1.29 is 27.5 Å². The van der Waals surface area contributed by atoms with Crippen LogP contribution in [-0.2, 0) is 15.7 Å². The Morgan fingerprint density at radius 3 is 2.38 bits per heavy atom. The molecular formula is C17H17F3N2O3S. The van der Waals surface area contributed by atoms with E-state index < -0.39 is 30.2 Å². The Kier molecular flexibility index (Phi) is 6.01. The zero-order valence-corrected chi connectivity index (χ0v) is 15.1. The summed E-state index contributed by atoms with van der Waals surface area (Å²) in [6.07, 6.45) is -4.41. The first-order valence-corrected chi connectivity index (χ1v) is 8.51. The van der Waals surface area contributed by atoms with Crippen molar-refractivity contribution in [2.75, 3.05) is 6.61 Å². The Hall–Kier alpha value is -2.42. The van der Waals surface area contributed by atoms with Gasteiger partial charge in [-0.15, -0.1) is 11.3 Å². The lowest BCUT2D eigenvalue weighted by molar-refractivity contribution is -0.137. The lowest BCUT2D eigenvalue weighted by Crippen LogP contribution is -2.33. The number of nitrogens with zero attached hydrogens (tertiary/aromatic N) is 1. The molecule has 1 N–H and O–H groups in total. The van der Waals surface area contributed by atoms with E-state index >= 15 is 0 Å². The standard InChI is InChI=1S/C17H17F3N2O3S/c1-9(2)21-13(23)8-25-16(24)14-10(3)22-15(26-14)11-4-6-12(7-5-11)17(18,19)20/h4-7,9H,8H2,1-3H3,(H,21,23). The van der Waals surface area contributed by atoms with E-state index in [0.717, 1.165) is 23.5 Å². The number of aryl methyl sites for hydroxylation is 1. The summed E-state index contributed by atoms with van der Waals surface area (Å²) in [5, 5.41) is 2.99. The van der Waals surface area contributed by atoms with Crippen LogP contribution in [0.1, 0.15) is 34.8 Å². The Bertz CT molecular complexity index is 799. The lowest BCUT2D eigenvalue weighted by Gasteiger charge is -2.08. The van der Waals surface area contributed by atoms with Gasteiger partial charge in [-0.1, -0.05) is 12.1 Å². The minimum Gasteiger partial charge on any atom is -0.451 e. The number of hydrogen-bond donors (Lipinski definition) is 1. The third-order valence-electron chi connectivity index (χ3n) is 3.23. The van der Waals surface area contributed by atoms with Crippen molar-refractivity contribution in [2.45, 2.75) is 33.0 Å². The second-order valence-corrected chi connectivity index (χ2v) is 6.81. The number of carbonyl (C=O) groups excluding carboxylic acids is 2. The summed E-state index contributed by atoms with van der Waals surface area (Å²) in [4.78, 5) is 28.0. The Morgan fingerprint density at radius 2 is 1.85 bits per heavy atom. The molecule has 1 heterocycles. The van der Waals surface area contributed by atoms with Crippen LogP contribution in [0.5, 0.6) is 0 Å². The van der Waals surface area contributed by atoms with Crippen LogP contribution >= 0.6 is 11.3 Å². The SMILES string of the molecule is Cc1nc(-c2ccc(C(F)(F)F)cc2)sc1C(=O)OCC(=O)NC(C)C. The molecule has 2 aromatic rings. The molecule has 0 aliphatic rings. The van der Waals surface area contributed by atoms with Crippen LogP contribution in [0, 0.1) is 6.92 Å². The maximum absolute atomic E-state index is 12.6. The highest BCUT2D eigenvalue weighted by molar-refractivity contribution is 7.17. The van der Waals surface area contributed by atoms with E-state index in [1.165, 1.54) is 12.1 Å². The fourth-order valence-corrected chi connectivity index (χ4v) is 3.04. The van der Waals surface area contributed by atoms with Crippen LogP contribution in [-0.4, -0.2) is 29.5 Å². The number of rotatable bonds is 5. The first-order chi connectivity index (χ1) is 12.1. The maximum Gasteiger partial charge on any atom is 0.416 e. The zero-order chi connectivity index (χ0) is 19.5. The Morgan fingerprint density at radius 1 is 1.23 bits per heavy atom. The third-order valence-corrected chi connectivity index (χ3v) is 4.41. The van der Waals surface area contributed by atoms with Crippen molar-refractivity contribution in [3.63, 3.8) is 0 Å². The highest BCUT2D eigenvalue weighted by Crippen LogP contribution is 2.33. The van der Waals surface area contributed by atoms with E-state index in [1.54, 1.807) is 20.8 Å². The van der Waals surface area contributed by atoms with Gasteiger partial charge in [0.15, 0.2) is 6.61 Å². The van der Waals surface area contributed by atoms with Gasteiger partial charge in [0.1, 0.15) is 9.88 Å². The highest BCUT2D eigenvalue weighted by atomic mass is 32.1. The molecule has 5 nitrogen and oxygen atoms in total. The number of hydrogen-bond acceptors (Lipinski definition) is 5. The number of benzene rings is 1. The Labute approximate surface area is 152 Å². The van der Waals surface area contributed by atoms with Crippen molar-refractivity contribution in [3.8, 4) is 10.6 Å². The fraction of sp³-hybridized carbons (Fsp3) is 0.353. The van der Waals surface area contributed by atoms with Gasteiger partial charge in [0, 0.05) is 11.6 Å². The predicted octanol–water partition coefficient (Wildman–Crippen LogP) is 3.82. The number of thiazole rings is 1. The molecule has 0 radical (unpaired) electrons. The van der Waals surface area contributed by atoms with Gasteiger partial charge in [0.05, 0.1) is 11.3 Å². The van der Waals surface area contributed by atoms with Crippen molar-refractivity contribution in [2.24, 2.45) is 0 Å². The summed E-state index contributed by atoms with van der Waals surface area (Å²) >= 11 is 1.00. The Balaban J connectivity index is 2.11. The van der Waals surface area contributed by atoms with E-state index in [1.807, 2.05) is 0 Å². The molecule has 9 heteroatoms. The molecule has 0 atom stereocenters. The molecular weight excluding hydrogens is 369 g/mol. The van der Waals surface area contributed by atoms with Crippen LogP contribution < -0.4 is 5.32 Å². The quantitative estimate of drug-likeness (QED) is 0.794. The smallest absolute Gasteiger partial charge is 0.416 e. The molecule has 0 aliphatic heterocycles. The predicted molar refractivity (Wildman–Crippen MR) is 90.9 cm³/mol. The topological polar surface area (TPSA) is 68.3 Å². The molecule has 0 aliphatic carbocycles. The monoisotopic (exact) mass is 386 g/mol. The zero-order valence-electron chi connectivity index (χ0n) is 14.3. The molecule has 0 fully saturated rings. The van der Waals surface area contributed by atoms with Crippen molar-refractivity contribution in [1.29, 1.82) is 0 Å². The fourth-order valence-electron chi connectivity index (χ4n) is 2.07. The molecule has 0 bridgehead atoms. The van der Waals surface area contributed by atoms with Gasteiger partial charge >= 0.3 is 12.1 Å². The second kappa shape index (κ2) is 7.86. The molecule has 2 rings (SSSR count). The van der Waals surface area contributed by atoms with Gasteiger partial charge in [-0.05, 0) is 32.9 Å². The number of ether oxygens (including phenoxy) is 1. The number of halogens is 3. The number of alkyl halides is 3. The van der Waals surface area contributed by atoms with Crippen LogP contribution in [0.4, 0.5) is 13.2 Å². The number of aromatic nitrogens is 1. The van der Waals surface area contributed by atoms with Gasteiger partial charge in [-0.25, -0.2) is 9.78 Å². The van der Waals surface area contributed by atoms with Gasteiger partial charge < -0.3 is 10.1 Å². The van der Waals surface area contributed by atoms with Crippen molar-refractivity contribution in [3.05, 3.63) is 40.4 Å². The summed E-state index contributed by atoms with van der Waals surface area (Å²) < 4.78 is 42.8. The van der Waals surface area contributed by atoms with Gasteiger partial charge in [-0.3, -0.25) is 4.79 Å². The van der Waals surface area contributed by atoms with Crippen LogP contribution in [0.2, 0.25) is 0 Å². The summed E-state index contributed by atoms with van der Waals surface area (Å²) in [6, 6.07) is 4.44. The molecule has 1 aromatic heterocycles. The van der Waals surface area contributed by atoms with Crippen molar-refractivity contribution in [1.82, 2.24) is 10.3 Å².